The van der Waals surface area contributed by atoms with E-state index in [1.165, 1.54) is 31.2 Å². The number of carbonyl (C=O) groups excluding carboxylic acids is 1. The minimum absolute atomic E-state index is 0.126. The lowest BCUT2D eigenvalue weighted by Gasteiger charge is -2.27. The second kappa shape index (κ2) is 9.03. The van der Waals surface area contributed by atoms with Gasteiger partial charge in [0.05, 0.1) is 11.0 Å². The Labute approximate surface area is 171 Å². The lowest BCUT2D eigenvalue weighted by atomic mass is 10.1. The maximum Gasteiger partial charge on any atom is 0.490 e. The lowest BCUT2D eigenvalue weighted by molar-refractivity contribution is -0.192. The minimum atomic E-state index is -5.08. The molecule has 0 radical (unpaired) electrons. The number of benzene rings is 1. The van der Waals surface area contributed by atoms with Crippen molar-refractivity contribution in [3.8, 4) is 0 Å². The van der Waals surface area contributed by atoms with Crippen LogP contribution in [0.5, 0.6) is 0 Å². The summed E-state index contributed by atoms with van der Waals surface area (Å²) in [6, 6.07) is 6.61. The van der Waals surface area contributed by atoms with Crippen LogP contribution in [0.2, 0.25) is 0 Å². The third-order valence-electron chi connectivity index (χ3n) is 5.45. The average Bonchev–Trinajstić information content (AvgIpc) is 3.33. The van der Waals surface area contributed by atoms with E-state index in [1.807, 2.05) is 17.0 Å². The molecular formula is C20H25F3N4O3. The zero-order valence-electron chi connectivity index (χ0n) is 16.7. The van der Waals surface area contributed by atoms with Crippen molar-refractivity contribution >= 4 is 22.9 Å². The van der Waals surface area contributed by atoms with Crippen LogP contribution in [0.25, 0.3) is 11.0 Å². The van der Waals surface area contributed by atoms with Gasteiger partial charge in [-0.2, -0.15) is 13.2 Å². The standard InChI is InChI=1S/C18H24N4O.C2HF3O2/c1-13-20-16-12-14(18(23)21-10-8-19-9-11-21)6-7-17(16)22(13)15-4-2-3-5-15;3-2(4,5)1(6)7/h6-7,12,15,19H,2-5,8-11H2,1H3;(H,6,7). The first-order chi connectivity index (χ1) is 14.2. The number of carboxylic acids is 1. The normalized spacial score (nSPS) is 17.7. The summed E-state index contributed by atoms with van der Waals surface area (Å²) in [6.07, 6.45) is 0.0220. The van der Waals surface area contributed by atoms with E-state index < -0.39 is 12.1 Å². The Balaban J connectivity index is 0.000000318. The van der Waals surface area contributed by atoms with Crippen LogP contribution < -0.4 is 5.32 Å². The first-order valence-corrected chi connectivity index (χ1v) is 9.97. The average molecular weight is 426 g/mol. The Kier molecular flexibility index (Phi) is 6.64. The SMILES string of the molecule is Cc1nc2cc(C(=O)N3CCNCC3)ccc2n1C1CCCC1.O=C(O)C(F)(F)F. The summed E-state index contributed by atoms with van der Waals surface area (Å²) < 4.78 is 34.1. The predicted octanol–water partition coefficient (Wildman–Crippen LogP) is 3.14. The van der Waals surface area contributed by atoms with Crippen molar-refractivity contribution in [2.24, 2.45) is 0 Å². The van der Waals surface area contributed by atoms with E-state index in [1.54, 1.807) is 0 Å². The molecule has 10 heteroatoms. The molecule has 0 atom stereocenters. The van der Waals surface area contributed by atoms with E-state index in [-0.39, 0.29) is 5.91 Å². The van der Waals surface area contributed by atoms with Crippen molar-refractivity contribution in [3.63, 3.8) is 0 Å². The first kappa shape index (κ1) is 22.1. The van der Waals surface area contributed by atoms with E-state index in [9.17, 15) is 18.0 Å². The van der Waals surface area contributed by atoms with E-state index in [2.05, 4.69) is 22.9 Å². The van der Waals surface area contributed by atoms with Gasteiger partial charge in [-0.05, 0) is 38.0 Å². The number of hydrogen-bond acceptors (Lipinski definition) is 4. The Morgan fingerprint density at radius 2 is 1.77 bits per heavy atom. The van der Waals surface area contributed by atoms with Crippen molar-refractivity contribution < 1.29 is 27.9 Å². The van der Waals surface area contributed by atoms with Crippen molar-refractivity contribution in [3.05, 3.63) is 29.6 Å². The molecule has 0 bridgehead atoms. The molecule has 1 aliphatic heterocycles. The number of aryl methyl sites for hydroxylation is 1. The number of halogens is 3. The third kappa shape index (κ3) is 4.92. The molecule has 1 aromatic carbocycles. The van der Waals surface area contributed by atoms with Gasteiger partial charge in [0.15, 0.2) is 0 Å². The number of nitrogens with zero attached hydrogens (tertiary/aromatic N) is 3. The number of carboxylic acid groups (broad SMARTS) is 1. The monoisotopic (exact) mass is 426 g/mol. The predicted molar refractivity (Wildman–Crippen MR) is 104 cm³/mol. The molecule has 2 N–H and O–H groups in total. The molecule has 2 aliphatic rings. The molecule has 164 valence electrons. The molecule has 1 aliphatic carbocycles. The van der Waals surface area contributed by atoms with E-state index >= 15 is 0 Å². The van der Waals surface area contributed by atoms with Crippen LogP contribution in [0.15, 0.2) is 18.2 Å². The highest BCUT2D eigenvalue weighted by molar-refractivity contribution is 5.97. The molecule has 1 saturated heterocycles. The number of piperazine rings is 1. The summed E-state index contributed by atoms with van der Waals surface area (Å²) in [6.45, 7) is 5.40. The second-order valence-corrected chi connectivity index (χ2v) is 7.52. The summed E-state index contributed by atoms with van der Waals surface area (Å²) in [5.41, 5.74) is 2.89. The molecule has 30 heavy (non-hydrogen) atoms. The highest BCUT2D eigenvalue weighted by atomic mass is 19.4. The van der Waals surface area contributed by atoms with Crippen LogP contribution in [0.1, 0.15) is 47.9 Å². The van der Waals surface area contributed by atoms with Crippen LogP contribution in [0, 0.1) is 6.92 Å². The van der Waals surface area contributed by atoms with E-state index in [4.69, 9.17) is 14.9 Å². The highest BCUT2D eigenvalue weighted by Gasteiger charge is 2.38. The molecule has 2 aromatic rings. The zero-order valence-corrected chi connectivity index (χ0v) is 16.7. The molecule has 4 rings (SSSR count). The number of aromatic nitrogens is 2. The van der Waals surface area contributed by atoms with Crippen molar-refractivity contribution in [2.75, 3.05) is 26.2 Å². The molecule has 0 spiro atoms. The first-order valence-electron chi connectivity index (χ1n) is 9.97. The van der Waals surface area contributed by atoms with Gasteiger partial charge in [0, 0.05) is 37.8 Å². The van der Waals surface area contributed by atoms with Gasteiger partial charge in [-0.3, -0.25) is 4.79 Å². The van der Waals surface area contributed by atoms with Gasteiger partial charge in [0.1, 0.15) is 5.82 Å². The number of amides is 1. The number of rotatable bonds is 2. The summed E-state index contributed by atoms with van der Waals surface area (Å²) in [5, 5.41) is 10.4. The van der Waals surface area contributed by atoms with Crippen molar-refractivity contribution in [1.29, 1.82) is 0 Å². The molecule has 1 saturated carbocycles. The van der Waals surface area contributed by atoms with Crippen LogP contribution in [-0.4, -0.2) is 63.8 Å². The maximum absolute atomic E-state index is 12.7. The van der Waals surface area contributed by atoms with Gasteiger partial charge in [0.25, 0.3) is 5.91 Å². The summed E-state index contributed by atoms with van der Waals surface area (Å²) in [5.74, 6) is -1.56. The van der Waals surface area contributed by atoms with Crippen LogP contribution in [0.3, 0.4) is 0 Å². The number of aliphatic carboxylic acids is 1. The quantitative estimate of drug-likeness (QED) is 0.771. The number of hydrogen-bond donors (Lipinski definition) is 2. The van der Waals surface area contributed by atoms with E-state index in [0.717, 1.165) is 43.1 Å². The molecule has 2 fully saturated rings. The van der Waals surface area contributed by atoms with Gasteiger partial charge < -0.3 is 19.9 Å². The van der Waals surface area contributed by atoms with Crippen LogP contribution >= 0.6 is 0 Å². The largest absolute Gasteiger partial charge is 0.490 e. The minimum Gasteiger partial charge on any atom is -0.475 e. The maximum atomic E-state index is 12.7. The van der Waals surface area contributed by atoms with Gasteiger partial charge in [-0.15, -0.1) is 0 Å². The van der Waals surface area contributed by atoms with Gasteiger partial charge >= 0.3 is 12.1 Å². The Morgan fingerprint density at radius 3 is 2.33 bits per heavy atom. The third-order valence-corrected chi connectivity index (χ3v) is 5.45. The Bertz CT molecular complexity index is 914. The number of imidazole rings is 1. The number of nitrogens with one attached hydrogen (secondary N) is 1. The van der Waals surface area contributed by atoms with Gasteiger partial charge in [-0.1, -0.05) is 12.8 Å². The fourth-order valence-corrected chi connectivity index (χ4v) is 4.03. The topological polar surface area (TPSA) is 87.5 Å². The smallest absolute Gasteiger partial charge is 0.475 e. The Morgan fingerprint density at radius 1 is 1.17 bits per heavy atom. The fourth-order valence-electron chi connectivity index (χ4n) is 4.03. The van der Waals surface area contributed by atoms with Crippen LogP contribution in [0.4, 0.5) is 13.2 Å². The zero-order chi connectivity index (χ0) is 21.9. The molecule has 7 nitrogen and oxygen atoms in total. The van der Waals surface area contributed by atoms with Gasteiger partial charge in [0.2, 0.25) is 0 Å². The summed E-state index contributed by atoms with van der Waals surface area (Å²) in [4.78, 5) is 28.2. The summed E-state index contributed by atoms with van der Waals surface area (Å²) in [7, 11) is 0. The lowest BCUT2D eigenvalue weighted by Crippen LogP contribution is -2.46. The number of fused-ring (bicyclic) bond motifs is 1. The van der Waals surface area contributed by atoms with Gasteiger partial charge in [-0.25, -0.2) is 9.78 Å². The number of carbonyl (C=O) groups is 2. The highest BCUT2D eigenvalue weighted by Crippen LogP contribution is 2.33. The number of alkyl halides is 3. The van der Waals surface area contributed by atoms with E-state index in [0.29, 0.717) is 6.04 Å². The van der Waals surface area contributed by atoms with Crippen LogP contribution in [-0.2, 0) is 4.79 Å². The summed E-state index contributed by atoms with van der Waals surface area (Å²) >= 11 is 0. The Hall–Kier alpha value is -2.62. The van der Waals surface area contributed by atoms with Crippen molar-refractivity contribution in [1.82, 2.24) is 19.8 Å². The second-order valence-electron chi connectivity index (χ2n) is 7.52. The molecule has 1 amide bonds. The molecule has 2 heterocycles. The molecule has 0 unspecified atom stereocenters. The molecular weight excluding hydrogens is 401 g/mol. The molecule has 1 aromatic heterocycles. The van der Waals surface area contributed by atoms with Crippen molar-refractivity contribution in [2.45, 2.75) is 44.8 Å². The fraction of sp³-hybridized carbons (Fsp3) is 0.550.